The lowest BCUT2D eigenvalue weighted by molar-refractivity contribution is 0.620. The summed E-state index contributed by atoms with van der Waals surface area (Å²) in [6, 6.07) is 11.1. The van der Waals surface area contributed by atoms with Crippen LogP contribution in [0, 0.1) is 0 Å². The molecule has 0 atom stereocenters. The Labute approximate surface area is 113 Å². The maximum atomic E-state index is 6.08. The Morgan fingerprint density at radius 1 is 1.11 bits per heavy atom. The molecule has 3 rings (SSSR count). The number of rotatable bonds is 1. The van der Waals surface area contributed by atoms with Gasteiger partial charge in [0.2, 0.25) is 5.89 Å². The van der Waals surface area contributed by atoms with Crippen molar-refractivity contribution in [3.05, 3.63) is 46.4 Å². The minimum Gasteiger partial charge on any atom is -0.434 e. The molecule has 1 heterocycles. The van der Waals surface area contributed by atoms with E-state index in [-0.39, 0.29) is 0 Å². The van der Waals surface area contributed by atoms with Crippen molar-refractivity contribution >= 4 is 40.0 Å². The highest BCUT2D eigenvalue weighted by molar-refractivity contribution is 6.41. The molecule has 0 unspecified atom stereocenters. The van der Waals surface area contributed by atoms with E-state index in [9.17, 15) is 0 Å². The molecule has 0 aliphatic heterocycles. The fourth-order valence-corrected chi connectivity index (χ4v) is 2.16. The first-order chi connectivity index (χ1) is 8.66. The van der Waals surface area contributed by atoms with E-state index >= 15 is 0 Å². The van der Waals surface area contributed by atoms with Crippen LogP contribution >= 0.6 is 23.2 Å². The molecule has 0 aliphatic rings. The summed E-state index contributed by atoms with van der Waals surface area (Å²) in [6.45, 7) is 0. The van der Waals surface area contributed by atoms with Crippen molar-refractivity contribution in [3.8, 4) is 11.5 Å². The first-order valence-electron chi connectivity index (χ1n) is 5.26. The molecule has 18 heavy (non-hydrogen) atoms. The van der Waals surface area contributed by atoms with Crippen LogP contribution in [0.25, 0.3) is 22.6 Å². The van der Waals surface area contributed by atoms with Crippen molar-refractivity contribution in [1.29, 1.82) is 0 Å². The van der Waals surface area contributed by atoms with E-state index in [1.807, 2.05) is 30.3 Å². The zero-order valence-electron chi connectivity index (χ0n) is 9.15. The lowest BCUT2D eigenvalue weighted by atomic mass is 10.2. The van der Waals surface area contributed by atoms with E-state index in [0.29, 0.717) is 32.7 Å². The SMILES string of the molecule is Nc1cc(Cl)c2nc(-c3ccccc3)oc2c1Cl. The second-order valence-electron chi connectivity index (χ2n) is 3.82. The van der Waals surface area contributed by atoms with Gasteiger partial charge in [-0.25, -0.2) is 4.98 Å². The quantitative estimate of drug-likeness (QED) is 0.672. The summed E-state index contributed by atoms with van der Waals surface area (Å²) in [5.41, 5.74) is 7.91. The van der Waals surface area contributed by atoms with Crippen molar-refractivity contribution < 1.29 is 4.42 Å². The summed E-state index contributed by atoms with van der Waals surface area (Å²) in [6.07, 6.45) is 0. The van der Waals surface area contributed by atoms with Gasteiger partial charge in [0, 0.05) is 5.56 Å². The van der Waals surface area contributed by atoms with Crippen LogP contribution in [-0.2, 0) is 0 Å². The average molecular weight is 279 g/mol. The Balaban J connectivity index is 2.29. The molecule has 0 radical (unpaired) electrons. The predicted octanol–water partition coefficient (Wildman–Crippen LogP) is 4.38. The smallest absolute Gasteiger partial charge is 0.227 e. The molecule has 0 bridgehead atoms. The Hall–Kier alpha value is -1.71. The molecule has 3 nitrogen and oxygen atoms in total. The van der Waals surface area contributed by atoms with E-state index in [4.69, 9.17) is 33.4 Å². The number of nitrogens with zero attached hydrogens (tertiary/aromatic N) is 1. The van der Waals surface area contributed by atoms with Crippen molar-refractivity contribution in [2.75, 3.05) is 5.73 Å². The number of nitrogens with two attached hydrogens (primary N) is 1. The molecule has 5 heteroatoms. The number of hydrogen-bond acceptors (Lipinski definition) is 3. The molecule has 0 saturated carbocycles. The van der Waals surface area contributed by atoms with Gasteiger partial charge in [-0.2, -0.15) is 0 Å². The molecule has 90 valence electrons. The summed E-state index contributed by atoms with van der Waals surface area (Å²) < 4.78 is 5.64. The normalized spacial score (nSPS) is 11.0. The van der Waals surface area contributed by atoms with E-state index < -0.39 is 0 Å². The number of fused-ring (bicyclic) bond motifs is 1. The highest BCUT2D eigenvalue weighted by Gasteiger charge is 2.16. The maximum Gasteiger partial charge on any atom is 0.227 e. The van der Waals surface area contributed by atoms with Gasteiger partial charge in [0.1, 0.15) is 10.5 Å². The Morgan fingerprint density at radius 3 is 2.56 bits per heavy atom. The third-order valence-corrected chi connectivity index (χ3v) is 3.29. The van der Waals surface area contributed by atoms with Crippen molar-refractivity contribution in [1.82, 2.24) is 4.98 Å². The Kier molecular flexibility index (Phi) is 2.65. The van der Waals surface area contributed by atoms with Crippen LogP contribution < -0.4 is 5.73 Å². The average Bonchev–Trinajstić information content (AvgIpc) is 2.83. The van der Waals surface area contributed by atoms with Crippen LogP contribution in [0.1, 0.15) is 0 Å². The third kappa shape index (κ3) is 1.72. The first kappa shape index (κ1) is 11.4. The van der Waals surface area contributed by atoms with Crippen LogP contribution in [0.3, 0.4) is 0 Å². The molecular formula is C13H8Cl2N2O. The van der Waals surface area contributed by atoms with Crippen molar-refractivity contribution in [3.63, 3.8) is 0 Å². The third-order valence-electron chi connectivity index (χ3n) is 2.61. The monoisotopic (exact) mass is 278 g/mol. The number of nitrogen functional groups attached to an aromatic ring is 1. The van der Waals surface area contributed by atoms with Gasteiger partial charge in [-0.1, -0.05) is 41.4 Å². The van der Waals surface area contributed by atoms with E-state index in [2.05, 4.69) is 4.98 Å². The maximum absolute atomic E-state index is 6.08. The number of hydrogen-bond donors (Lipinski definition) is 1. The van der Waals surface area contributed by atoms with E-state index in [0.717, 1.165) is 5.56 Å². The van der Waals surface area contributed by atoms with Gasteiger partial charge >= 0.3 is 0 Å². The highest BCUT2D eigenvalue weighted by atomic mass is 35.5. The Morgan fingerprint density at radius 2 is 1.83 bits per heavy atom. The van der Waals surface area contributed by atoms with Crippen molar-refractivity contribution in [2.45, 2.75) is 0 Å². The standard InChI is InChI=1S/C13H8Cl2N2O/c14-8-6-9(16)10(15)12-11(8)17-13(18-12)7-4-2-1-3-5-7/h1-6H,16H2. The fourth-order valence-electron chi connectivity index (χ4n) is 1.73. The molecule has 1 aromatic heterocycles. The number of benzene rings is 2. The summed E-state index contributed by atoms with van der Waals surface area (Å²) in [5, 5.41) is 0.766. The molecular weight excluding hydrogens is 271 g/mol. The predicted molar refractivity (Wildman–Crippen MR) is 73.9 cm³/mol. The van der Waals surface area contributed by atoms with Crippen LogP contribution in [0.4, 0.5) is 5.69 Å². The number of anilines is 1. The molecule has 2 aromatic carbocycles. The number of halogens is 2. The van der Waals surface area contributed by atoms with Gasteiger partial charge in [-0.3, -0.25) is 0 Å². The lowest BCUT2D eigenvalue weighted by Crippen LogP contribution is -1.86. The van der Waals surface area contributed by atoms with Crippen LogP contribution in [0.15, 0.2) is 40.8 Å². The largest absolute Gasteiger partial charge is 0.434 e. The molecule has 2 N–H and O–H groups in total. The van der Waals surface area contributed by atoms with Crippen LogP contribution in [0.2, 0.25) is 10.0 Å². The van der Waals surface area contributed by atoms with Gasteiger partial charge in [0.05, 0.1) is 10.7 Å². The fraction of sp³-hybridized carbons (Fsp3) is 0. The lowest BCUT2D eigenvalue weighted by Gasteiger charge is -1.98. The van der Waals surface area contributed by atoms with Gasteiger partial charge in [-0.05, 0) is 18.2 Å². The number of oxazole rings is 1. The molecule has 3 aromatic rings. The van der Waals surface area contributed by atoms with Gasteiger partial charge < -0.3 is 10.2 Å². The van der Waals surface area contributed by atoms with E-state index in [1.165, 1.54) is 0 Å². The summed E-state index contributed by atoms with van der Waals surface area (Å²) in [5.74, 6) is 0.472. The molecule has 0 spiro atoms. The summed E-state index contributed by atoms with van der Waals surface area (Å²) >= 11 is 12.2. The van der Waals surface area contributed by atoms with Crippen LogP contribution in [0.5, 0.6) is 0 Å². The van der Waals surface area contributed by atoms with Crippen molar-refractivity contribution in [2.24, 2.45) is 0 Å². The molecule has 0 saturated heterocycles. The molecule has 0 fully saturated rings. The minimum atomic E-state index is 0.337. The van der Waals surface area contributed by atoms with Gasteiger partial charge in [0.15, 0.2) is 5.58 Å². The first-order valence-corrected chi connectivity index (χ1v) is 6.02. The zero-order valence-corrected chi connectivity index (χ0v) is 10.7. The van der Waals surface area contributed by atoms with Gasteiger partial charge in [0.25, 0.3) is 0 Å². The summed E-state index contributed by atoms with van der Waals surface area (Å²) in [7, 11) is 0. The molecule has 0 amide bonds. The van der Waals surface area contributed by atoms with E-state index in [1.54, 1.807) is 6.07 Å². The topological polar surface area (TPSA) is 52.0 Å². The second-order valence-corrected chi connectivity index (χ2v) is 4.61. The van der Waals surface area contributed by atoms with Gasteiger partial charge in [-0.15, -0.1) is 0 Å². The second kappa shape index (κ2) is 4.19. The minimum absolute atomic E-state index is 0.337. The molecule has 0 aliphatic carbocycles. The Bertz CT molecular complexity index is 723. The number of aromatic nitrogens is 1. The zero-order chi connectivity index (χ0) is 12.7. The van der Waals surface area contributed by atoms with Crippen LogP contribution in [-0.4, -0.2) is 4.98 Å². The summed E-state index contributed by atoms with van der Waals surface area (Å²) in [4.78, 5) is 4.35. The highest BCUT2D eigenvalue weighted by Crippen LogP contribution is 2.37.